The molecule has 0 amide bonds. The Morgan fingerprint density at radius 3 is 2.44 bits per heavy atom. The average Bonchev–Trinajstić information content (AvgIpc) is 3.13. The molecule has 1 N–H and O–H groups in total. The van der Waals surface area contributed by atoms with Crippen LogP contribution in [0.2, 0.25) is 0 Å². The summed E-state index contributed by atoms with van der Waals surface area (Å²) < 4.78 is 41.2. The van der Waals surface area contributed by atoms with E-state index in [9.17, 15) is 18.0 Å². The number of fused-ring (bicyclic) bond motifs is 2. The zero-order valence-electron chi connectivity index (χ0n) is 13.5. The minimum atomic E-state index is -3.65. The van der Waals surface area contributed by atoms with Gasteiger partial charge >= 0.3 is 11.9 Å². The number of nitrogens with zero attached hydrogens (tertiary/aromatic N) is 1. The third-order valence-electron chi connectivity index (χ3n) is 5.99. The van der Waals surface area contributed by atoms with Gasteiger partial charge in [0.15, 0.2) is 0 Å². The SMILES string of the molecule is O=C(O)C(F)(F)C1C[C@H]2CC(c3ccnc4ccc(F)cc34)C[C@H]2C1. The molecule has 4 atom stereocenters. The van der Waals surface area contributed by atoms with Crippen molar-refractivity contribution in [1.29, 1.82) is 0 Å². The lowest BCUT2D eigenvalue weighted by atomic mass is 9.89. The van der Waals surface area contributed by atoms with Gasteiger partial charge in [-0.3, -0.25) is 4.98 Å². The van der Waals surface area contributed by atoms with Crippen LogP contribution < -0.4 is 0 Å². The van der Waals surface area contributed by atoms with Gasteiger partial charge in [0, 0.05) is 17.5 Å². The van der Waals surface area contributed by atoms with Crippen LogP contribution in [0, 0.1) is 23.6 Å². The minimum absolute atomic E-state index is 0.108. The summed E-state index contributed by atoms with van der Waals surface area (Å²) in [7, 11) is 0. The van der Waals surface area contributed by atoms with Crippen molar-refractivity contribution in [3.05, 3.63) is 41.8 Å². The molecule has 3 nitrogen and oxygen atoms in total. The van der Waals surface area contributed by atoms with Gasteiger partial charge in [0.05, 0.1) is 5.52 Å². The molecule has 1 aromatic heterocycles. The van der Waals surface area contributed by atoms with E-state index >= 15 is 0 Å². The Bertz CT molecular complexity index is 825. The molecule has 0 bridgehead atoms. The Morgan fingerprint density at radius 2 is 1.80 bits per heavy atom. The van der Waals surface area contributed by atoms with Crippen molar-refractivity contribution in [1.82, 2.24) is 4.98 Å². The predicted octanol–water partition coefficient (Wildman–Crippen LogP) is 4.61. The summed E-state index contributed by atoms with van der Waals surface area (Å²) in [5.41, 5.74) is 1.74. The molecule has 25 heavy (non-hydrogen) atoms. The Hall–Kier alpha value is -2.11. The van der Waals surface area contributed by atoms with Crippen LogP contribution in [-0.4, -0.2) is 22.0 Å². The van der Waals surface area contributed by atoms with E-state index in [1.807, 2.05) is 6.07 Å². The first-order valence-corrected chi connectivity index (χ1v) is 8.51. The van der Waals surface area contributed by atoms with Crippen molar-refractivity contribution in [3.63, 3.8) is 0 Å². The van der Waals surface area contributed by atoms with Crippen LogP contribution in [0.1, 0.15) is 37.2 Å². The maximum atomic E-state index is 13.8. The number of carboxylic acid groups (broad SMARTS) is 1. The molecule has 0 spiro atoms. The number of hydrogen-bond donors (Lipinski definition) is 1. The van der Waals surface area contributed by atoms with Crippen molar-refractivity contribution in [2.45, 2.75) is 37.5 Å². The fourth-order valence-corrected chi connectivity index (χ4v) is 4.84. The summed E-state index contributed by atoms with van der Waals surface area (Å²) in [6, 6.07) is 6.39. The number of carboxylic acids is 1. The Labute approximate surface area is 142 Å². The van der Waals surface area contributed by atoms with E-state index in [0.717, 1.165) is 29.3 Å². The lowest BCUT2D eigenvalue weighted by molar-refractivity contribution is -0.173. The molecule has 1 heterocycles. The van der Waals surface area contributed by atoms with Gasteiger partial charge in [-0.25, -0.2) is 9.18 Å². The molecule has 2 unspecified atom stereocenters. The standard InChI is InChI=1S/C19H18F3NO2/c20-14-1-2-17-16(9-14)15(3-4-23-17)12-5-10-7-13(8-11(10)6-12)19(21,22)18(24)25/h1-4,9-13H,5-8H2,(H,24,25)/t10-,11+,12?,13?. The van der Waals surface area contributed by atoms with Crippen molar-refractivity contribution in [2.24, 2.45) is 17.8 Å². The van der Waals surface area contributed by atoms with Crippen LogP contribution in [0.25, 0.3) is 10.9 Å². The Kier molecular flexibility index (Phi) is 3.74. The van der Waals surface area contributed by atoms with Gasteiger partial charge in [-0.15, -0.1) is 0 Å². The quantitative estimate of drug-likeness (QED) is 0.880. The second-order valence-electron chi connectivity index (χ2n) is 7.35. The number of pyridine rings is 1. The number of hydrogen-bond acceptors (Lipinski definition) is 2. The average molecular weight is 349 g/mol. The summed E-state index contributed by atoms with van der Waals surface area (Å²) in [6.07, 6.45) is 3.68. The molecule has 0 radical (unpaired) electrons. The lowest BCUT2D eigenvalue weighted by Crippen LogP contribution is -2.36. The molecule has 132 valence electrons. The summed E-state index contributed by atoms with van der Waals surface area (Å²) in [4.78, 5) is 15.1. The molecule has 0 aliphatic heterocycles. The fraction of sp³-hybridized carbons (Fsp3) is 0.474. The first-order valence-electron chi connectivity index (χ1n) is 8.51. The lowest BCUT2D eigenvalue weighted by Gasteiger charge is -2.21. The summed E-state index contributed by atoms with van der Waals surface area (Å²) in [5.74, 6) is -6.67. The highest BCUT2D eigenvalue weighted by Gasteiger charge is 2.54. The van der Waals surface area contributed by atoms with Crippen LogP contribution in [-0.2, 0) is 4.79 Å². The molecular weight excluding hydrogens is 331 g/mol. The molecule has 2 aliphatic carbocycles. The monoisotopic (exact) mass is 349 g/mol. The molecule has 6 heteroatoms. The van der Waals surface area contributed by atoms with Gasteiger partial charge in [-0.05, 0) is 73.3 Å². The van der Waals surface area contributed by atoms with E-state index in [4.69, 9.17) is 5.11 Å². The molecule has 0 saturated heterocycles. The van der Waals surface area contributed by atoms with Gasteiger partial charge in [0.25, 0.3) is 0 Å². The number of carbonyl (C=O) groups is 1. The molecule has 1 aromatic carbocycles. The largest absolute Gasteiger partial charge is 0.477 e. The van der Waals surface area contributed by atoms with E-state index in [0.29, 0.717) is 0 Å². The smallest absolute Gasteiger partial charge is 0.374 e. The number of aromatic nitrogens is 1. The fourth-order valence-electron chi connectivity index (χ4n) is 4.84. The van der Waals surface area contributed by atoms with E-state index in [1.165, 1.54) is 12.1 Å². The number of alkyl halides is 2. The van der Waals surface area contributed by atoms with Gasteiger partial charge in [0.1, 0.15) is 5.82 Å². The van der Waals surface area contributed by atoms with Gasteiger partial charge in [-0.2, -0.15) is 8.78 Å². The highest BCUT2D eigenvalue weighted by molar-refractivity contribution is 5.82. The third-order valence-corrected chi connectivity index (χ3v) is 5.99. The van der Waals surface area contributed by atoms with E-state index in [2.05, 4.69) is 4.98 Å². The Balaban J connectivity index is 1.56. The van der Waals surface area contributed by atoms with Crippen LogP contribution in [0.4, 0.5) is 13.2 Å². The van der Waals surface area contributed by atoms with Crippen molar-refractivity contribution < 1.29 is 23.1 Å². The molecule has 2 aromatic rings. The molecule has 2 saturated carbocycles. The van der Waals surface area contributed by atoms with E-state index < -0.39 is 17.8 Å². The maximum absolute atomic E-state index is 13.8. The van der Waals surface area contributed by atoms with Crippen molar-refractivity contribution >= 4 is 16.9 Å². The molecule has 2 aliphatic rings. The van der Waals surface area contributed by atoms with Crippen LogP contribution in [0.5, 0.6) is 0 Å². The van der Waals surface area contributed by atoms with Crippen LogP contribution in [0.15, 0.2) is 30.5 Å². The van der Waals surface area contributed by atoms with E-state index in [-0.39, 0.29) is 36.4 Å². The van der Waals surface area contributed by atoms with Crippen molar-refractivity contribution in [2.75, 3.05) is 0 Å². The Morgan fingerprint density at radius 1 is 1.12 bits per heavy atom. The maximum Gasteiger partial charge on any atom is 0.374 e. The zero-order chi connectivity index (χ0) is 17.8. The van der Waals surface area contributed by atoms with Gasteiger partial charge in [-0.1, -0.05) is 0 Å². The second-order valence-corrected chi connectivity index (χ2v) is 7.35. The van der Waals surface area contributed by atoms with Crippen LogP contribution >= 0.6 is 0 Å². The van der Waals surface area contributed by atoms with Gasteiger partial charge < -0.3 is 5.11 Å². The predicted molar refractivity (Wildman–Crippen MR) is 86.0 cm³/mol. The number of rotatable bonds is 3. The summed E-state index contributed by atoms with van der Waals surface area (Å²) in [5, 5.41) is 9.52. The topological polar surface area (TPSA) is 50.2 Å². The number of aliphatic carboxylic acids is 1. The summed E-state index contributed by atoms with van der Waals surface area (Å²) in [6.45, 7) is 0. The first-order chi connectivity index (χ1) is 11.9. The third kappa shape index (κ3) is 2.68. The minimum Gasteiger partial charge on any atom is -0.477 e. The highest BCUT2D eigenvalue weighted by atomic mass is 19.3. The molecular formula is C19H18F3NO2. The van der Waals surface area contributed by atoms with Gasteiger partial charge in [0.2, 0.25) is 0 Å². The summed E-state index contributed by atoms with van der Waals surface area (Å²) >= 11 is 0. The second kappa shape index (κ2) is 5.71. The number of benzene rings is 1. The number of halogens is 3. The molecule has 2 fully saturated rings. The highest BCUT2D eigenvalue weighted by Crippen LogP contribution is 2.56. The van der Waals surface area contributed by atoms with Crippen molar-refractivity contribution in [3.8, 4) is 0 Å². The van der Waals surface area contributed by atoms with Crippen LogP contribution in [0.3, 0.4) is 0 Å². The first kappa shape index (κ1) is 16.4. The van der Waals surface area contributed by atoms with E-state index in [1.54, 1.807) is 12.3 Å². The normalized spacial score (nSPS) is 29.1. The molecule has 4 rings (SSSR count). The zero-order valence-corrected chi connectivity index (χ0v) is 13.5.